The lowest BCUT2D eigenvalue weighted by Gasteiger charge is -2.22. The fraction of sp³-hybridized carbons (Fsp3) is 0.455. The number of aliphatic hydroxyl groups is 1. The molecule has 0 fully saturated rings. The maximum Gasteiger partial charge on any atom is 0.243 e. The molecule has 2 N–H and O–H groups in total. The highest BCUT2D eigenvalue weighted by molar-refractivity contribution is 7.89. The highest BCUT2D eigenvalue weighted by atomic mass is 35.5. The van der Waals surface area contributed by atoms with E-state index in [1.807, 2.05) is 0 Å². The minimum absolute atomic E-state index is 0.0684. The number of rotatable bonds is 5. The third-order valence-electron chi connectivity index (χ3n) is 2.64. The van der Waals surface area contributed by atoms with Crippen LogP contribution in [-0.4, -0.2) is 25.7 Å². The van der Waals surface area contributed by atoms with Crippen LogP contribution in [-0.2, 0) is 10.0 Å². The lowest BCUT2D eigenvalue weighted by Crippen LogP contribution is -2.40. The van der Waals surface area contributed by atoms with Crippen LogP contribution in [0.5, 0.6) is 0 Å². The van der Waals surface area contributed by atoms with E-state index in [2.05, 4.69) is 4.72 Å². The van der Waals surface area contributed by atoms with Gasteiger partial charge in [0.25, 0.3) is 0 Å². The van der Waals surface area contributed by atoms with Crippen LogP contribution in [0.15, 0.2) is 17.0 Å². The van der Waals surface area contributed by atoms with E-state index in [4.69, 9.17) is 34.8 Å². The zero-order valence-corrected chi connectivity index (χ0v) is 13.5. The van der Waals surface area contributed by atoms with Crippen LogP contribution in [0.4, 0.5) is 0 Å². The summed E-state index contributed by atoms with van der Waals surface area (Å²) in [4.78, 5) is -0.243. The van der Waals surface area contributed by atoms with Gasteiger partial charge >= 0.3 is 0 Å². The Morgan fingerprint density at radius 1 is 1.26 bits per heavy atom. The van der Waals surface area contributed by atoms with Crippen LogP contribution in [0, 0.1) is 0 Å². The molecule has 0 aliphatic rings. The van der Waals surface area contributed by atoms with E-state index in [-0.39, 0.29) is 26.5 Å². The van der Waals surface area contributed by atoms with E-state index in [1.54, 1.807) is 6.92 Å². The normalized spacial score (nSPS) is 15.3. The lowest BCUT2D eigenvalue weighted by molar-refractivity contribution is 0.0613. The molecule has 1 aromatic carbocycles. The summed E-state index contributed by atoms with van der Waals surface area (Å²) in [5.41, 5.74) is -1.14. The van der Waals surface area contributed by atoms with Crippen LogP contribution in [0.3, 0.4) is 0 Å². The van der Waals surface area contributed by atoms with Crippen LogP contribution >= 0.6 is 34.8 Å². The molecule has 1 unspecified atom stereocenters. The Kier molecular flexibility index (Phi) is 5.52. The number of sulfonamides is 1. The summed E-state index contributed by atoms with van der Waals surface area (Å²) < 4.78 is 26.5. The molecule has 1 aromatic rings. The fourth-order valence-electron chi connectivity index (χ4n) is 1.23. The Bertz CT molecular complexity index is 550. The zero-order valence-electron chi connectivity index (χ0n) is 10.4. The van der Waals surface area contributed by atoms with E-state index in [0.29, 0.717) is 6.42 Å². The summed E-state index contributed by atoms with van der Waals surface area (Å²) in [6, 6.07) is 2.59. The number of halogens is 3. The third-order valence-corrected chi connectivity index (χ3v) is 5.18. The van der Waals surface area contributed by atoms with Crippen molar-refractivity contribution in [3.63, 3.8) is 0 Å². The van der Waals surface area contributed by atoms with Gasteiger partial charge in [-0.3, -0.25) is 0 Å². The second kappa shape index (κ2) is 6.16. The van der Waals surface area contributed by atoms with E-state index in [9.17, 15) is 13.5 Å². The Labute approximate surface area is 127 Å². The Morgan fingerprint density at radius 2 is 1.74 bits per heavy atom. The highest BCUT2D eigenvalue weighted by Crippen LogP contribution is 2.32. The average Bonchev–Trinajstić information content (AvgIpc) is 2.25. The first-order chi connectivity index (χ1) is 8.59. The van der Waals surface area contributed by atoms with Crippen LogP contribution in [0.2, 0.25) is 15.1 Å². The molecule has 0 aliphatic heterocycles. The van der Waals surface area contributed by atoms with Crippen LogP contribution in [0.1, 0.15) is 20.3 Å². The lowest BCUT2D eigenvalue weighted by atomic mass is 10.1. The van der Waals surface area contributed by atoms with Crippen molar-refractivity contribution in [3.05, 3.63) is 27.2 Å². The van der Waals surface area contributed by atoms with Crippen molar-refractivity contribution < 1.29 is 13.5 Å². The fourth-order valence-corrected chi connectivity index (χ4v) is 3.94. The molecule has 4 nitrogen and oxygen atoms in total. The van der Waals surface area contributed by atoms with Crippen molar-refractivity contribution in [1.82, 2.24) is 4.72 Å². The molecule has 1 rings (SSSR count). The van der Waals surface area contributed by atoms with Gasteiger partial charge in [-0.15, -0.1) is 0 Å². The Balaban J connectivity index is 3.09. The third kappa shape index (κ3) is 4.48. The molecule has 108 valence electrons. The first-order valence-corrected chi connectivity index (χ1v) is 8.07. The number of nitrogens with one attached hydrogen (secondary N) is 1. The van der Waals surface area contributed by atoms with Crippen molar-refractivity contribution in [2.45, 2.75) is 30.8 Å². The van der Waals surface area contributed by atoms with Gasteiger partial charge in [0.05, 0.1) is 15.6 Å². The van der Waals surface area contributed by atoms with Gasteiger partial charge in [0.15, 0.2) is 0 Å². The summed E-state index contributed by atoms with van der Waals surface area (Å²) >= 11 is 17.4. The molecule has 19 heavy (non-hydrogen) atoms. The van der Waals surface area contributed by atoms with Gasteiger partial charge in [-0.05, 0) is 25.5 Å². The van der Waals surface area contributed by atoms with E-state index in [1.165, 1.54) is 19.1 Å². The summed E-state index contributed by atoms with van der Waals surface area (Å²) in [6.45, 7) is 3.14. The highest BCUT2D eigenvalue weighted by Gasteiger charge is 2.26. The van der Waals surface area contributed by atoms with Crippen molar-refractivity contribution in [3.8, 4) is 0 Å². The minimum atomic E-state index is -3.91. The Hall–Kier alpha value is -0.0400. The van der Waals surface area contributed by atoms with E-state index < -0.39 is 15.6 Å². The van der Waals surface area contributed by atoms with E-state index in [0.717, 1.165) is 0 Å². The zero-order chi connectivity index (χ0) is 14.8. The maximum absolute atomic E-state index is 12.1. The first-order valence-electron chi connectivity index (χ1n) is 5.45. The molecule has 0 saturated carbocycles. The molecular formula is C11H14Cl3NO3S. The number of benzene rings is 1. The monoisotopic (exact) mass is 345 g/mol. The quantitative estimate of drug-likeness (QED) is 0.861. The molecule has 0 radical (unpaired) electrons. The molecule has 0 bridgehead atoms. The summed E-state index contributed by atoms with van der Waals surface area (Å²) in [6.07, 6.45) is 0.400. The molecular weight excluding hydrogens is 333 g/mol. The summed E-state index contributed by atoms with van der Waals surface area (Å²) in [5, 5.41) is 9.91. The topological polar surface area (TPSA) is 66.4 Å². The largest absolute Gasteiger partial charge is 0.389 e. The average molecular weight is 347 g/mol. The van der Waals surface area contributed by atoms with Crippen LogP contribution in [0.25, 0.3) is 0 Å². The molecule has 8 heteroatoms. The van der Waals surface area contributed by atoms with Gasteiger partial charge in [0, 0.05) is 11.6 Å². The maximum atomic E-state index is 12.1. The second-order valence-corrected chi connectivity index (χ2v) is 7.33. The molecule has 0 amide bonds. The van der Waals surface area contributed by atoms with Gasteiger partial charge in [-0.25, -0.2) is 13.1 Å². The molecule has 0 saturated heterocycles. The second-order valence-electron chi connectivity index (χ2n) is 4.37. The number of hydrogen-bond donors (Lipinski definition) is 2. The molecule has 0 aromatic heterocycles. The van der Waals surface area contributed by atoms with Gasteiger partial charge in [-0.1, -0.05) is 41.7 Å². The van der Waals surface area contributed by atoms with Crippen molar-refractivity contribution in [2.24, 2.45) is 0 Å². The van der Waals surface area contributed by atoms with Gasteiger partial charge in [-0.2, -0.15) is 0 Å². The Morgan fingerprint density at radius 3 is 2.16 bits per heavy atom. The van der Waals surface area contributed by atoms with Gasteiger partial charge in [0.1, 0.15) is 4.90 Å². The van der Waals surface area contributed by atoms with Gasteiger partial charge < -0.3 is 5.11 Å². The standard InChI is InChI=1S/C11H14Cl3NO3S/c1-3-11(2,16)6-15-19(17,18)10-8(13)4-7(12)5-9(10)14/h4-5,15-16H,3,6H2,1-2H3. The SMILES string of the molecule is CCC(C)(O)CNS(=O)(=O)c1c(Cl)cc(Cl)cc1Cl. The summed E-state index contributed by atoms with van der Waals surface area (Å²) in [7, 11) is -3.91. The first kappa shape index (κ1) is 17.0. The van der Waals surface area contributed by atoms with Crippen molar-refractivity contribution in [2.75, 3.05) is 6.54 Å². The predicted molar refractivity (Wildman–Crippen MR) is 77.6 cm³/mol. The molecule has 0 aliphatic carbocycles. The van der Waals surface area contributed by atoms with Crippen LogP contribution < -0.4 is 4.72 Å². The van der Waals surface area contributed by atoms with Gasteiger partial charge in [0.2, 0.25) is 10.0 Å². The predicted octanol–water partition coefficient (Wildman–Crippen LogP) is 3.09. The molecule has 0 spiro atoms. The summed E-state index contributed by atoms with van der Waals surface area (Å²) in [5.74, 6) is 0. The smallest absolute Gasteiger partial charge is 0.243 e. The molecule has 1 atom stereocenters. The number of hydrogen-bond acceptors (Lipinski definition) is 3. The van der Waals surface area contributed by atoms with E-state index >= 15 is 0 Å². The van der Waals surface area contributed by atoms with Crippen molar-refractivity contribution >= 4 is 44.8 Å². The van der Waals surface area contributed by atoms with Crippen molar-refractivity contribution in [1.29, 1.82) is 0 Å². The molecule has 0 heterocycles. The minimum Gasteiger partial charge on any atom is -0.389 e.